The van der Waals surface area contributed by atoms with Crippen molar-refractivity contribution < 1.29 is 0 Å². The van der Waals surface area contributed by atoms with Crippen molar-refractivity contribution in [2.75, 3.05) is 11.4 Å². The van der Waals surface area contributed by atoms with E-state index in [4.69, 9.17) is 0 Å². The summed E-state index contributed by atoms with van der Waals surface area (Å²) in [7, 11) is 1.94. The molecular weight excluding hydrogens is 308 g/mol. The highest BCUT2D eigenvalue weighted by molar-refractivity contribution is 5.86. The number of pyridine rings is 1. The van der Waals surface area contributed by atoms with Crippen molar-refractivity contribution in [2.45, 2.75) is 20.4 Å². The molecule has 0 fully saturated rings. The highest BCUT2D eigenvalue weighted by Crippen LogP contribution is 2.24. The van der Waals surface area contributed by atoms with Crippen LogP contribution in [0.25, 0.3) is 21.8 Å². The molecule has 0 aliphatic rings. The van der Waals surface area contributed by atoms with E-state index in [1.165, 1.54) is 22.0 Å². The number of hydrogen-bond donors (Lipinski definition) is 0. The van der Waals surface area contributed by atoms with E-state index in [1.54, 1.807) is 0 Å². The van der Waals surface area contributed by atoms with Crippen LogP contribution in [0, 0.1) is 6.92 Å². The van der Waals surface area contributed by atoms with E-state index in [1.807, 2.05) is 24.9 Å². The van der Waals surface area contributed by atoms with Gasteiger partial charge in [-0.2, -0.15) is 5.10 Å². The first-order chi connectivity index (χ1) is 12.2. The topological polar surface area (TPSA) is 34.0 Å². The first-order valence-electron chi connectivity index (χ1n) is 8.67. The van der Waals surface area contributed by atoms with E-state index in [2.05, 4.69) is 70.4 Å². The second-order valence-corrected chi connectivity index (χ2v) is 6.47. The van der Waals surface area contributed by atoms with E-state index in [-0.39, 0.29) is 0 Å². The van der Waals surface area contributed by atoms with Gasteiger partial charge in [0, 0.05) is 37.4 Å². The third-order valence-corrected chi connectivity index (χ3v) is 4.77. The van der Waals surface area contributed by atoms with E-state index in [0.717, 1.165) is 29.8 Å². The molecule has 25 heavy (non-hydrogen) atoms. The van der Waals surface area contributed by atoms with Gasteiger partial charge >= 0.3 is 0 Å². The van der Waals surface area contributed by atoms with Crippen molar-refractivity contribution >= 4 is 27.5 Å². The third-order valence-electron chi connectivity index (χ3n) is 4.77. The Balaban J connectivity index is 1.68. The van der Waals surface area contributed by atoms with Gasteiger partial charge in [-0.05, 0) is 48.4 Å². The lowest BCUT2D eigenvalue weighted by Gasteiger charge is -2.23. The first kappa shape index (κ1) is 15.6. The van der Waals surface area contributed by atoms with Crippen molar-refractivity contribution in [3.63, 3.8) is 0 Å². The Morgan fingerprint density at radius 2 is 1.84 bits per heavy atom. The molecule has 2 aromatic carbocycles. The monoisotopic (exact) mass is 330 g/mol. The summed E-state index contributed by atoms with van der Waals surface area (Å²) in [5.74, 6) is 0. The maximum absolute atomic E-state index is 4.61. The normalized spacial score (nSPS) is 11.3. The second kappa shape index (κ2) is 6.20. The third kappa shape index (κ3) is 2.84. The molecule has 126 valence electrons. The van der Waals surface area contributed by atoms with Crippen molar-refractivity contribution in [3.8, 4) is 0 Å². The summed E-state index contributed by atoms with van der Waals surface area (Å²) in [5.41, 5.74) is 4.42. The zero-order valence-electron chi connectivity index (χ0n) is 14.9. The molecular formula is C21H22N4. The molecule has 0 saturated heterocycles. The number of hydrogen-bond acceptors (Lipinski definition) is 3. The standard InChI is InChI=1S/C21H22N4/c1-4-25(19-10-9-17-7-5-6-8-18(17)12-19)14-16-11-20-15(2)23-24(3)21(20)22-13-16/h5-13H,4,14H2,1-3H3. The molecule has 0 saturated carbocycles. The minimum Gasteiger partial charge on any atom is -0.367 e. The maximum Gasteiger partial charge on any atom is 0.157 e. The highest BCUT2D eigenvalue weighted by Gasteiger charge is 2.10. The maximum atomic E-state index is 4.61. The summed E-state index contributed by atoms with van der Waals surface area (Å²) >= 11 is 0. The van der Waals surface area contributed by atoms with Crippen LogP contribution in [-0.4, -0.2) is 21.3 Å². The van der Waals surface area contributed by atoms with Crippen molar-refractivity contribution in [1.29, 1.82) is 0 Å². The zero-order chi connectivity index (χ0) is 17.4. The predicted molar refractivity (Wildman–Crippen MR) is 104 cm³/mol. The molecule has 0 amide bonds. The van der Waals surface area contributed by atoms with Crippen molar-refractivity contribution in [2.24, 2.45) is 7.05 Å². The zero-order valence-corrected chi connectivity index (χ0v) is 14.9. The van der Waals surface area contributed by atoms with E-state index in [9.17, 15) is 0 Å². The van der Waals surface area contributed by atoms with Gasteiger partial charge in [-0.15, -0.1) is 0 Å². The van der Waals surface area contributed by atoms with E-state index >= 15 is 0 Å². The van der Waals surface area contributed by atoms with Gasteiger partial charge in [-0.25, -0.2) is 4.98 Å². The number of benzene rings is 2. The number of anilines is 1. The number of nitrogens with zero attached hydrogens (tertiary/aromatic N) is 4. The van der Waals surface area contributed by atoms with Crippen LogP contribution in [0.1, 0.15) is 18.2 Å². The Bertz CT molecular complexity index is 1050. The van der Waals surface area contributed by atoms with Crippen LogP contribution in [0.15, 0.2) is 54.7 Å². The van der Waals surface area contributed by atoms with Crippen LogP contribution in [0.3, 0.4) is 0 Å². The van der Waals surface area contributed by atoms with Gasteiger partial charge in [-0.3, -0.25) is 4.68 Å². The lowest BCUT2D eigenvalue weighted by Crippen LogP contribution is -2.22. The summed E-state index contributed by atoms with van der Waals surface area (Å²) in [6.07, 6.45) is 1.97. The first-order valence-corrected chi connectivity index (χ1v) is 8.67. The van der Waals surface area contributed by atoms with Gasteiger partial charge < -0.3 is 4.90 Å². The van der Waals surface area contributed by atoms with Gasteiger partial charge in [0.2, 0.25) is 0 Å². The summed E-state index contributed by atoms with van der Waals surface area (Å²) in [6.45, 7) is 6.01. The molecule has 2 heterocycles. The fourth-order valence-corrected chi connectivity index (χ4v) is 3.42. The van der Waals surface area contributed by atoms with Gasteiger partial charge in [0.05, 0.1) is 5.69 Å². The fraction of sp³-hybridized carbons (Fsp3) is 0.238. The Morgan fingerprint density at radius 3 is 2.64 bits per heavy atom. The molecule has 4 heteroatoms. The Morgan fingerprint density at radius 1 is 1.04 bits per heavy atom. The summed E-state index contributed by atoms with van der Waals surface area (Å²) < 4.78 is 1.84. The SMILES string of the molecule is CCN(Cc1cnc2c(c1)c(C)nn2C)c1ccc2ccccc2c1. The number of aryl methyl sites for hydroxylation is 2. The van der Waals surface area contributed by atoms with Crippen LogP contribution in [0.5, 0.6) is 0 Å². The average molecular weight is 330 g/mol. The van der Waals surface area contributed by atoms with Crippen LogP contribution in [0.2, 0.25) is 0 Å². The van der Waals surface area contributed by atoms with Crippen LogP contribution in [0.4, 0.5) is 5.69 Å². The molecule has 0 bridgehead atoms. The summed E-state index contributed by atoms with van der Waals surface area (Å²) in [4.78, 5) is 6.98. The number of rotatable bonds is 4. The molecule has 0 aliphatic heterocycles. The quantitative estimate of drug-likeness (QED) is 0.554. The molecule has 2 aromatic heterocycles. The number of aromatic nitrogens is 3. The van der Waals surface area contributed by atoms with E-state index in [0.29, 0.717) is 0 Å². The fourth-order valence-electron chi connectivity index (χ4n) is 3.42. The summed E-state index contributed by atoms with van der Waals surface area (Å²) in [6, 6.07) is 17.4. The summed E-state index contributed by atoms with van der Waals surface area (Å²) in [5, 5.41) is 8.15. The van der Waals surface area contributed by atoms with Gasteiger partial charge in [0.15, 0.2) is 5.65 Å². The van der Waals surface area contributed by atoms with E-state index < -0.39 is 0 Å². The van der Waals surface area contributed by atoms with Crippen molar-refractivity contribution in [1.82, 2.24) is 14.8 Å². The minimum atomic E-state index is 0.839. The van der Waals surface area contributed by atoms with Crippen LogP contribution in [-0.2, 0) is 13.6 Å². The molecule has 0 spiro atoms. The Hall–Kier alpha value is -2.88. The average Bonchev–Trinajstić information content (AvgIpc) is 2.93. The number of fused-ring (bicyclic) bond motifs is 2. The van der Waals surface area contributed by atoms with Crippen molar-refractivity contribution in [3.05, 3.63) is 66.0 Å². The Labute approximate surface area is 147 Å². The molecule has 4 aromatic rings. The highest BCUT2D eigenvalue weighted by atomic mass is 15.3. The van der Waals surface area contributed by atoms with Crippen LogP contribution < -0.4 is 4.90 Å². The van der Waals surface area contributed by atoms with Crippen LogP contribution >= 0.6 is 0 Å². The van der Waals surface area contributed by atoms with Gasteiger partial charge in [-0.1, -0.05) is 30.3 Å². The molecule has 0 atom stereocenters. The predicted octanol–water partition coefficient (Wildman–Crippen LogP) is 4.46. The largest absolute Gasteiger partial charge is 0.367 e. The molecule has 4 nitrogen and oxygen atoms in total. The molecule has 0 radical (unpaired) electrons. The Kier molecular flexibility index (Phi) is 3.88. The molecule has 0 N–H and O–H groups in total. The lowest BCUT2D eigenvalue weighted by atomic mass is 10.1. The molecule has 0 aliphatic carbocycles. The van der Waals surface area contributed by atoms with Gasteiger partial charge in [0.1, 0.15) is 0 Å². The second-order valence-electron chi connectivity index (χ2n) is 6.47. The minimum absolute atomic E-state index is 0.839. The lowest BCUT2D eigenvalue weighted by molar-refractivity contribution is 0.773. The smallest absolute Gasteiger partial charge is 0.157 e. The molecule has 4 rings (SSSR count). The molecule has 0 unspecified atom stereocenters. The van der Waals surface area contributed by atoms with Gasteiger partial charge in [0.25, 0.3) is 0 Å².